The summed E-state index contributed by atoms with van der Waals surface area (Å²) in [5, 5.41) is 9.05. The van der Waals surface area contributed by atoms with Crippen LogP contribution in [0, 0.1) is 12.7 Å². The number of hydrogen-bond acceptors (Lipinski definition) is 3. The van der Waals surface area contributed by atoms with Gasteiger partial charge in [-0.15, -0.1) is 0 Å². The minimum atomic E-state index is -1.23. The van der Waals surface area contributed by atoms with E-state index in [9.17, 15) is 13.7 Å². The highest BCUT2D eigenvalue weighted by Gasteiger charge is 2.19. The number of benzene rings is 2. The van der Waals surface area contributed by atoms with E-state index in [0.717, 1.165) is 10.5 Å². The Morgan fingerprint density at radius 1 is 1.32 bits per heavy atom. The molecule has 2 aromatic carbocycles. The molecule has 0 amide bonds. The summed E-state index contributed by atoms with van der Waals surface area (Å²) in [6.07, 6.45) is 0. The minimum absolute atomic E-state index is 0.110. The lowest BCUT2D eigenvalue weighted by molar-refractivity contribution is -0.139. The van der Waals surface area contributed by atoms with Crippen LogP contribution in [0.3, 0.4) is 0 Å². The third-order valence-electron chi connectivity index (χ3n) is 3.30. The molecule has 0 saturated carbocycles. The quantitative estimate of drug-likeness (QED) is 0.543. The van der Waals surface area contributed by atoms with Crippen LogP contribution in [0.15, 0.2) is 40.9 Å². The first-order valence-corrected chi connectivity index (χ1v) is 8.35. The van der Waals surface area contributed by atoms with Crippen LogP contribution in [0.25, 0.3) is 0 Å². The molecule has 25 heavy (non-hydrogen) atoms. The third-order valence-corrected chi connectivity index (χ3v) is 4.24. The topological polar surface area (TPSA) is 49.8 Å². The maximum Gasteiger partial charge on any atom is 0.341 e. The maximum atomic E-state index is 14.5. The van der Waals surface area contributed by atoms with E-state index in [1.54, 1.807) is 24.3 Å². The van der Waals surface area contributed by atoms with Gasteiger partial charge in [0.2, 0.25) is 0 Å². The molecule has 0 unspecified atom stereocenters. The molecule has 0 saturated heterocycles. The number of aryl methyl sites for hydroxylation is 1. The van der Waals surface area contributed by atoms with Crippen molar-refractivity contribution in [3.8, 4) is 5.75 Å². The number of thiocarbonyl (C=S) groups is 1. The minimum Gasteiger partial charge on any atom is -0.481 e. The number of carboxylic acid groups (broad SMARTS) is 1. The van der Waals surface area contributed by atoms with Gasteiger partial charge in [0.15, 0.2) is 6.61 Å². The number of hydrogen-bond donors (Lipinski definition) is 1. The normalized spacial score (nSPS) is 10.4. The Morgan fingerprint density at radius 2 is 1.96 bits per heavy atom. The lowest BCUT2D eigenvalue weighted by Gasteiger charge is -2.18. The van der Waals surface area contributed by atoms with Crippen molar-refractivity contribution in [3.05, 3.63) is 63.4 Å². The van der Waals surface area contributed by atoms with Crippen LogP contribution in [0.1, 0.15) is 16.7 Å². The molecule has 132 valence electrons. The van der Waals surface area contributed by atoms with Crippen molar-refractivity contribution in [2.45, 2.75) is 13.5 Å². The first-order valence-electron chi connectivity index (χ1n) is 7.14. The zero-order valence-corrected chi connectivity index (χ0v) is 15.5. The summed E-state index contributed by atoms with van der Waals surface area (Å²) in [7, 11) is 0. The average Bonchev–Trinajstić information content (AvgIpc) is 2.56. The van der Waals surface area contributed by atoms with Crippen LogP contribution >= 0.6 is 28.1 Å². The second-order valence-corrected chi connectivity index (χ2v) is 6.53. The van der Waals surface area contributed by atoms with Crippen molar-refractivity contribution in [1.82, 2.24) is 5.12 Å². The molecule has 4 nitrogen and oxygen atoms in total. The van der Waals surface area contributed by atoms with E-state index in [2.05, 4.69) is 15.9 Å². The number of carbonyl (C=O) groups is 1. The number of rotatable bonds is 6. The fraction of sp³-hybridized carbons (Fsp3) is 0.176. The monoisotopic (exact) mass is 429 g/mol. The van der Waals surface area contributed by atoms with Crippen molar-refractivity contribution in [2.24, 2.45) is 0 Å². The van der Waals surface area contributed by atoms with Crippen LogP contribution < -0.4 is 4.74 Å². The van der Waals surface area contributed by atoms with Crippen molar-refractivity contribution in [3.63, 3.8) is 0 Å². The Kier molecular flexibility index (Phi) is 6.44. The summed E-state index contributed by atoms with van der Waals surface area (Å²) in [5.41, 5.74) is 1.05. The lowest BCUT2D eigenvalue weighted by Crippen LogP contribution is -2.23. The Morgan fingerprint density at radius 3 is 2.56 bits per heavy atom. The summed E-state index contributed by atoms with van der Waals surface area (Å²) < 4.78 is 34.2. The number of halogens is 3. The molecule has 0 radical (unpaired) electrons. The lowest BCUT2D eigenvalue weighted by atomic mass is 10.1. The Balaban J connectivity index is 2.25. The van der Waals surface area contributed by atoms with Gasteiger partial charge in [0, 0.05) is 10.5 Å². The number of ether oxygens (including phenoxy) is 1. The highest BCUT2D eigenvalue weighted by Crippen LogP contribution is 2.26. The van der Waals surface area contributed by atoms with Gasteiger partial charge in [0.1, 0.15) is 16.6 Å². The zero-order valence-electron chi connectivity index (χ0n) is 13.1. The van der Waals surface area contributed by atoms with Gasteiger partial charge in [-0.3, -0.25) is 0 Å². The number of nitrogens with zero attached hydrogens (tertiary/aromatic N) is 1. The summed E-state index contributed by atoms with van der Waals surface area (Å²) >= 11 is 8.43. The molecule has 0 aliphatic carbocycles. The first-order chi connectivity index (χ1) is 11.8. The predicted octanol–water partition coefficient (Wildman–Crippen LogP) is 4.42. The number of aliphatic carboxylic acids is 1. The second-order valence-electron chi connectivity index (χ2n) is 5.23. The molecule has 0 aromatic heterocycles. The first kappa shape index (κ1) is 19.3. The van der Waals surface area contributed by atoms with Crippen molar-refractivity contribution in [2.75, 3.05) is 6.61 Å². The van der Waals surface area contributed by atoms with Gasteiger partial charge in [0.25, 0.3) is 0 Å². The predicted molar refractivity (Wildman–Crippen MR) is 96.8 cm³/mol. The van der Waals surface area contributed by atoms with Gasteiger partial charge >= 0.3 is 5.97 Å². The molecule has 0 spiro atoms. The number of carboxylic acids is 1. The standard InChI is InChI=1S/C17H14BrF2NO3S/c1-10-6-13(15(7-14(10)19)24-9-16(22)23)17(25)21(20)8-11-2-4-12(18)5-3-11/h2-7H,8-9H2,1H3,(H,22,23). The maximum absolute atomic E-state index is 14.5. The Hall–Kier alpha value is -2.06. The molecule has 1 N–H and O–H groups in total. The summed E-state index contributed by atoms with van der Waals surface area (Å²) in [4.78, 5) is 10.5. The van der Waals surface area contributed by atoms with Gasteiger partial charge in [-0.1, -0.05) is 44.8 Å². The molecule has 0 heterocycles. The molecular weight excluding hydrogens is 416 g/mol. The fourth-order valence-electron chi connectivity index (χ4n) is 2.04. The third kappa shape index (κ3) is 5.20. The molecule has 0 aliphatic heterocycles. The molecule has 0 bridgehead atoms. The molecular formula is C17H14BrF2NO3S. The Bertz CT molecular complexity index is 799. The van der Waals surface area contributed by atoms with Gasteiger partial charge in [-0.05, 0) is 36.2 Å². The highest BCUT2D eigenvalue weighted by molar-refractivity contribution is 9.10. The largest absolute Gasteiger partial charge is 0.481 e. The second kappa shape index (κ2) is 8.35. The van der Waals surface area contributed by atoms with E-state index >= 15 is 0 Å². The smallest absolute Gasteiger partial charge is 0.341 e. The molecule has 0 aliphatic rings. The van der Waals surface area contributed by atoms with E-state index in [-0.39, 0.29) is 28.4 Å². The van der Waals surface area contributed by atoms with Crippen LogP contribution in [-0.4, -0.2) is 27.8 Å². The fourth-order valence-corrected chi connectivity index (χ4v) is 2.53. The molecule has 2 aromatic rings. The Labute approximate surface area is 157 Å². The van der Waals surface area contributed by atoms with Crippen LogP contribution in [0.5, 0.6) is 5.75 Å². The van der Waals surface area contributed by atoms with Gasteiger partial charge in [-0.2, -0.15) is 5.12 Å². The molecule has 0 atom stereocenters. The summed E-state index contributed by atoms with van der Waals surface area (Å²) in [5.74, 6) is -1.94. The zero-order chi connectivity index (χ0) is 18.6. The van der Waals surface area contributed by atoms with E-state index in [1.165, 1.54) is 13.0 Å². The van der Waals surface area contributed by atoms with Crippen LogP contribution in [0.2, 0.25) is 0 Å². The van der Waals surface area contributed by atoms with Crippen LogP contribution in [0.4, 0.5) is 8.87 Å². The summed E-state index contributed by atoms with van der Waals surface area (Å²) in [6.45, 7) is 0.706. The van der Waals surface area contributed by atoms with Crippen molar-refractivity contribution >= 4 is 39.1 Å². The summed E-state index contributed by atoms with van der Waals surface area (Å²) in [6, 6.07) is 9.36. The van der Waals surface area contributed by atoms with E-state index in [0.29, 0.717) is 10.7 Å². The van der Waals surface area contributed by atoms with Gasteiger partial charge in [-0.25, -0.2) is 9.18 Å². The average molecular weight is 430 g/mol. The highest BCUT2D eigenvalue weighted by atomic mass is 79.9. The molecule has 8 heteroatoms. The van der Waals surface area contributed by atoms with Gasteiger partial charge in [0.05, 0.1) is 12.1 Å². The van der Waals surface area contributed by atoms with E-state index in [4.69, 9.17) is 22.1 Å². The van der Waals surface area contributed by atoms with E-state index in [1.807, 2.05) is 0 Å². The SMILES string of the molecule is Cc1cc(C(=S)N(F)Cc2ccc(Br)cc2)c(OCC(=O)O)cc1F. The molecule has 0 fully saturated rings. The van der Waals surface area contributed by atoms with Gasteiger partial charge < -0.3 is 9.84 Å². The van der Waals surface area contributed by atoms with Crippen molar-refractivity contribution < 1.29 is 23.5 Å². The van der Waals surface area contributed by atoms with Crippen LogP contribution in [-0.2, 0) is 11.3 Å². The van der Waals surface area contributed by atoms with E-state index < -0.39 is 18.4 Å². The van der Waals surface area contributed by atoms with Crippen molar-refractivity contribution in [1.29, 1.82) is 0 Å². The molecule has 2 rings (SSSR count).